The van der Waals surface area contributed by atoms with Crippen LogP contribution in [0.4, 0.5) is 5.69 Å². The van der Waals surface area contributed by atoms with Crippen LogP contribution in [-0.4, -0.2) is 24.5 Å². The number of aryl methyl sites for hydroxylation is 1. The van der Waals surface area contributed by atoms with E-state index in [1.165, 1.54) is 0 Å². The fourth-order valence-corrected chi connectivity index (χ4v) is 1.39. The lowest BCUT2D eigenvalue weighted by atomic mass is 10.1. The van der Waals surface area contributed by atoms with E-state index in [1.807, 2.05) is 0 Å². The highest BCUT2D eigenvalue weighted by molar-refractivity contribution is 5.96. The van der Waals surface area contributed by atoms with Crippen molar-refractivity contribution in [2.75, 3.05) is 11.9 Å². The molecule has 0 aliphatic rings. The molecule has 0 saturated heterocycles. The van der Waals surface area contributed by atoms with Gasteiger partial charge in [0.05, 0.1) is 18.2 Å². The highest BCUT2D eigenvalue weighted by Crippen LogP contribution is 2.17. The van der Waals surface area contributed by atoms with Crippen molar-refractivity contribution in [3.05, 3.63) is 29.3 Å². The number of amides is 1. The lowest BCUT2D eigenvalue weighted by Gasteiger charge is -2.11. The Kier molecular flexibility index (Phi) is 4.85. The molecule has 0 heterocycles. The van der Waals surface area contributed by atoms with Gasteiger partial charge >= 0.3 is 5.97 Å². The van der Waals surface area contributed by atoms with E-state index < -0.39 is 6.04 Å². The van der Waals surface area contributed by atoms with Crippen molar-refractivity contribution < 1.29 is 14.3 Å². The minimum Gasteiger partial charge on any atom is -0.462 e. The van der Waals surface area contributed by atoms with Crippen molar-refractivity contribution in [2.45, 2.75) is 26.8 Å². The summed E-state index contributed by atoms with van der Waals surface area (Å²) in [5, 5.41) is 2.69. The molecule has 1 aromatic carbocycles. The number of carbonyl (C=O) groups is 2. The summed E-state index contributed by atoms with van der Waals surface area (Å²) in [5.74, 6) is -0.632. The monoisotopic (exact) mass is 250 g/mol. The van der Waals surface area contributed by atoms with Crippen LogP contribution in [0.25, 0.3) is 0 Å². The van der Waals surface area contributed by atoms with Crippen LogP contribution >= 0.6 is 0 Å². The first-order valence-corrected chi connectivity index (χ1v) is 5.80. The smallest absolute Gasteiger partial charge is 0.338 e. The highest BCUT2D eigenvalue weighted by Gasteiger charge is 2.11. The number of benzene rings is 1. The van der Waals surface area contributed by atoms with Crippen LogP contribution in [0.1, 0.15) is 29.8 Å². The first-order valence-electron chi connectivity index (χ1n) is 5.80. The molecule has 0 aromatic heterocycles. The van der Waals surface area contributed by atoms with E-state index in [0.29, 0.717) is 17.9 Å². The van der Waals surface area contributed by atoms with Gasteiger partial charge in [0.1, 0.15) is 0 Å². The van der Waals surface area contributed by atoms with Crippen LogP contribution in [0.2, 0.25) is 0 Å². The lowest BCUT2D eigenvalue weighted by Crippen LogP contribution is -2.32. The zero-order chi connectivity index (χ0) is 13.7. The average molecular weight is 250 g/mol. The van der Waals surface area contributed by atoms with Crippen LogP contribution in [0, 0.1) is 6.92 Å². The molecule has 1 amide bonds. The third-order valence-corrected chi connectivity index (χ3v) is 2.41. The van der Waals surface area contributed by atoms with Crippen LogP contribution in [-0.2, 0) is 9.53 Å². The van der Waals surface area contributed by atoms with Gasteiger partial charge in [0.2, 0.25) is 5.91 Å². The second-order valence-corrected chi connectivity index (χ2v) is 4.03. The van der Waals surface area contributed by atoms with Gasteiger partial charge in [0.25, 0.3) is 0 Å². The van der Waals surface area contributed by atoms with E-state index in [0.717, 1.165) is 5.56 Å². The molecule has 1 rings (SSSR count). The molecule has 3 N–H and O–H groups in total. The molecular formula is C13H18N2O3. The van der Waals surface area contributed by atoms with E-state index in [-0.39, 0.29) is 11.9 Å². The molecule has 0 aliphatic carbocycles. The van der Waals surface area contributed by atoms with E-state index in [4.69, 9.17) is 10.5 Å². The van der Waals surface area contributed by atoms with Crippen molar-refractivity contribution >= 4 is 17.6 Å². The molecule has 1 unspecified atom stereocenters. The molecule has 18 heavy (non-hydrogen) atoms. The van der Waals surface area contributed by atoms with Crippen molar-refractivity contribution in [3.8, 4) is 0 Å². The van der Waals surface area contributed by atoms with Crippen molar-refractivity contribution in [2.24, 2.45) is 5.73 Å². The lowest BCUT2D eigenvalue weighted by molar-refractivity contribution is -0.117. The van der Waals surface area contributed by atoms with Crippen LogP contribution in [0.15, 0.2) is 18.2 Å². The maximum atomic E-state index is 11.5. The highest BCUT2D eigenvalue weighted by atomic mass is 16.5. The van der Waals surface area contributed by atoms with Gasteiger partial charge in [-0.25, -0.2) is 4.79 Å². The fraction of sp³-hybridized carbons (Fsp3) is 0.385. The zero-order valence-corrected chi connectivity index (χ0v) is 10.8. The van der Waals surface area contributed by atoms with Crippen molar-refractivity contribution in [1.29, 1.82) is 0 Å². The summed E-state index contributed by atoms with van der Waals surface area (Å²) in [7, 11) is 0. The third kappa shape index (κ3) is 3.56. The van der Waals surface area contributed by atoms with Gasteiger partial charge in [-0.2, -0.15) is 0 Å². The van der Waals surface area contributed by atoms with Gasteiger partial charge < -0.3 is 15.8 Å². The summed E-state index contributed by atoms with van der Waals surface area (Å²) in [5.41, 5.74) is 7.36. The molecule has 0 radical (unpaired) electrons. The molecule has 0 saturated carbocycles. The molecule has 0 aliphatic heterocycles. The number of carbonyl (C=O) groups excluding carboxylic acids is 2. The van der Waals surface area contributed by atoms with E-state index in [2.05, 4.69) is 5.32 Å². The first-order chi connectivity index (χ1) is 8.45. The predicted molar refractivity (Wildman–Crippen MR) is 69.4 cm³/mol. The second-order valence-electron chi connectivity index (χ2n) is 4.03. The Morgan fingerprint density at radius 3 is 2.61 bits per heavy atom. The maximum Gasteiger partial charge on any atom is 0.338 e. The zero-order valence-electron chi connectivity index (χ0n) is 10.8. The summed E-state index contributed by atoms with van der Waals surface area (Å²) < 4.78 is 4.90. The molecule has 1 atom stereocenters. The standard InChI is InChI=1S/C13H18N2O3/c1-4-18-13(17)10-5-6-11(8(2)7-10)15-12(16)9(3)14/h5-7,9H,4,14H2,1-3H3,(H,15,16). The summed E-state index contributed by atoms with van der Waals surface area (Å²) >= 11 is 0. The van der Waals surface area contributed by atoms with Crippen LogP contribution < -0.4 is 11.1 Å². The van der Waals surface area contributed by atoms with Gasteiger partial charge in [0, 0.05) is 5.69 Å². The molecule has 5 heteroatoms. The van der Waals surface area contributed by atoms with Crippen LogP contribution in [0.5, 0.6) is 0 Å². The molecule has 98 valence electrons. The molecule has 0 bridgehead atoms. The molecule has 0 spiro atoms. The largest absolute Gasteiger partial charge is 0.462 e. The molecule has 1 aromatic rings. The van der Waals surface area contributed by atoms with Crippen molar-refractivity contribution in [3.63, 3.8) is 0 Å². The van der Waals surface area contributed by atoms with Gasteiger partial charge in [0.15, 0.2) is 0 Å². The number of ether oxygens (including phenoxy) is 1. The van der Waals surface area contributed by atoms with Gasteiger partial charge in [-0.15, -0.1) is 0 Å². The van der Waals surface area contributed by atoms with Crippen molar-refractivity contribution in [1.82, 2.24) is 0 Å². The Morgan fingerprint density at radius 2 is 2.11 bits per heavy atom. The Bertz CT molecular complexity index is 456. The topological polar surface area (TPSA) is 81.4 Å². The quantitative estimate of drug-likeness (QED) is 0.793. The third-order valence-electron chi connectivity index (χ3n) is 2.41. The summed E-state index contributed by atoms with van der Waals surface area (Å²) in [6.45, 7) is 5.50. The number of nitrogens with two attached hydrogens (primary N) is 1. The van der Waals surface area contributed by atoms with Crippen LogP contribution in [0.3, 0.4) is 0 Å². The number of hydrogen-bond donors (Lipinski definition) is 2. The normalized spacial score (nSPS) is 11.8. The predicted octanol–water partition coefficient (Wildman–Crippen LogP) is 1.46. The van der Waals surface area contributed by atoms with E-state index >= 15 is 0 Å². The van der Waals surface area contributed by atoms with E-state index in [9.17, 15) is 9.59 Å². The number of nitrogens with one attached hydrogen (secondary N) is 1. The Hall–Kier alpha value is -1.88. The first kappa shape index (κ1) is 14.2. The summed E-state index contributed by atoms with van der Waals surface area (Å²) in [4.78, 5) is 23.0. The molecule has 5 nitrogen and oxygen atoms in total. The fourth-order valence-electron chi connectivity index (χ4n) is 1.39. The average Bonchev–Trinajstić information content (AvgIpc) is 2.31. The van der Waals surface area contributed by atoms with E-state index in [1.54, 1.807) is 39.0 Å². The Morgan fingerprint density at radius 1 is 1.44 bits per heavy atom. The number of rotatable bonds is 4. The summed E-state index contributed by atoms with van der Waals surface area (Å²) in [6.07, 6.45) is 0. The van der Waals surface area contributed by atoms with Gasteiger partial charge in [-0.3, -0.25) is 4.79 Å². The number of anilines is 1. The number of hydrogen-bond acceptors (Lipinski definition) is 4. The Labute approximate surface area is 106 Å². The number of esters is 1. The molecule has 0 fully saturated rings. The minimum atomic E-state index is -0.575. The van der Waals surface area contributed by atoms with Gasteiger partial charge in [-0.1, -0.05) is 0 Å². The molecular weight excluding hydrogens is 232 g/mol. The maximum absolute atomic E-state index is 11.5. The SMILES string of the molecule is CCOC(=O)c1ccc(NC(=O)C(C)N)c(C)c1. The van der Waals surface area contributed by atoms with Gasteiger partial charge in [-0.05, 0) is 44.5 Å². The minimum absolute atomic E-state index is 0.262. The Balaban J connectivity index is 2.86. The second kappa shape index (κ2) is 6.16. The summed E-state index contributed by atoms with van der Waals surface area (Å²) in [6, 6.07) is 4.38.